The summed E-state index contributed by atoms with van der Waals surface area (Å²) in [7, 11) is 0. The van der Waals surface area contributed by atoms with Crippen molar-refractivity contribution in [1.82, 2.24) is 10.6 Å². The maximum absolute atomic E-state index is 11.6. The molecule has 2 N–H and O–H groups in total. The number of nitrogens with one attached hydrogen (secondary N) is 2. The van der Waals surface area contributed by atoms with E-state index in [1.807, 2.05) is 0 Å². The Morgan fingerprint density at radius 2 is 2.19 bits per heavy atom. The lowest BCUT2D eigenvalue weighted by atomic mass is 10.0. The molecule has 0 radical (unpaired) electrons. The van der Waals surface area contributed by atoms with E-state index in [9.17, 15) is 4.79 Å². The van der Waals surface area contributed by atoms with Crippen molar-refractivity contribution in [2.45, 2.75) is 20.4 Å². The van der Waals surface area contributed by atoms with E-state index in [2.05, 4.69) is 42.7 Å². The lowest BCUT2D eigenvalue weighted by Gasteiger charge is -2.25. The van der Waals surface area contributed by atoms with Crippen molar-refractivity contribution in [3.63, 3.8) is 0 Å². The molecule has 1 heterocycles. The van der Waals surface area contributed by atoms with Gasteiger partial charge in [0.15, 0.2) is 0 Å². The van der Waals surface area contributed by atoms with Gasteiger partial charge in [0.2, 0.25) is 5.91 Å². The first-order valence-electron chi connectivity index (χ1n) is 5.71. The molecule has 0 bridgehead atoms. The van der Waals surface area contributed by atoms with Gasteiger partial charge in [0.25, 0.3) is 0 Å². The predicted octanol–water partition coefficient (Wildman–Crippen LogP) is 1.14. The van der Waals surface area contributed by atoms with Crippen LogP contribution in [0.2, 0.25) is 0 Å². The normalized spacial score (nSPS) is 15.6. The molecule has 0 saturated carbocycles. The Hall–Kier alpha value is -1.35. The molecular weight excluding hydrogens is 200 g/mol. The Morgan fingerprint density at radius 3 is 2.75 bits per heavy atom. The summed E-state index contributed by atoms with van der Waals surface area (Å²) in [5.41, 5.74) is 3.70. The van der Waals surface area contributed by atoms with E-state index in [4.69, 9.17) is 0 Å². The molecule has 1 aromatic carbocycles. The molecule has 2 rings (SSSR count). The molecule has 86 valence electrons. The summed E-state index contributed by atoms with van der Waals surface area (Å²) in [5, 5.41) is 6.08. The predicted molar refractivity (Wildman–Crippen MR) is 64.1 cm³/mol. The fourth-order valence-electron chi connectivity index (χ4n) is 1.84. The number of benzene rings is 1. The van der Waals surface area contributed by atoms with Gasteiger partial charge < -0.3 is 10.6 Å². The van der Waals surface area contributed by atoms with Crippen molar-refractivity contribution in [3.05, 3.63) is 34.9 Å². The van der Waals surface area contributed by atoms with Crippen LogP contribution in [-0.4, -0.2) is 19.0 Å². The highest BCUT2D eigenvalue weighted by Crippen LogP contribution is 2.10. The van der Waals surface area contributed by atoms with E-state index in [1.54, 1.807) is 0 Å². The van der Waals surface area contributed by atoms with Crippen molar-refractivity contribution in [1.29, 1.82) is 0 Å². The van der Waals surface area contributed by atoms with Crippen LogP contribution in [0.5, 0.6) is 0 Å². The Morgan fingerprint density at radius 1 is 1.44 bits per heavy atom. The van der Waals surface area contributed by atoms with Gasteiger partial charge in [-0.25, -0.2) is 0 Å². The minimum atomic E-state index is 0.165. The first kappa shape index (κ1) is 11.1. The smallest absolute Gasteiger partial charge is 0.225 e. The number of carbonyl (C=O) groups is 1. The van der Waals surface area contributed by atoms with Gasteiger partial charge in [-0.3, -0.25) is 4.79 Å². The van der Waals surface area contributed by atoms with Gasteiger partial charge in [0.1, 0.15) is 0 Å². The molecule has 16 heavy (non-hydrogen) atoms. The second-order valence-corrected chi connectivity index (χ2v) is 4.50. The third kappa shape index (κ3) is 2.42. The molecule has 0 atom stereocenters. The van der Waals surface area contributed by atoms with Crippen molar-refractivity contribution < 1.29 is 4.79 Å². The summed E-state index contributed by atoms with van der Waals surface area (Å²) in [6, 6.07) is 6.32. The number of rotatable bonds is 3. The first-order chi connectivity index (χ1) is 7.66. The third-order valence-electron chi connectivity index (χ3n) is 3.10. The van der Waals surface area contributed by atoms with Crippen LogP contribution >= 0.6 is 0 Å². The fourth-order valence-corrected chi connectivity index (χ4v) is 1.84. The Kier molecular flexibility index (Phi) is 3.25. The molecule has 1 amide bonds. The monoisotopic (exact) mass is 218 g/mol. The lowest BCUT2D eigenvalue weighted by Crippen LogP contribution is -2.50. The van der Waals surface area contributed by atoms with Crippen LogP contribution < -0.4 is 10.6 Å². The second kappa shape index (κ2) is 4.66. The van der Waals surface area contributed by atoms with E-state index < -0.39 is 0 Å². The average molecular weight is 218 g/mol. The summed E-state index contributed by atoms with van der Waals surface area (Å²) >= 11 is 0. The van der Waals surface area contributed by atoms with E-state index in [0.717, 1.165) is 13.1 Å². The molecule has 3 heteroatoms. The SMILES string of the molecule is Cc1ccc(CNC(=O)C2CNC2)c(C)c1. The van der Waals surface area contributed by atoms with Gasteiger partial charge in [-0.15, -0.1) is 0 Å². The van der Waals surface area contributed by atoms with Gasteiger partial charge in [-0.1, -0.05) is 23.8 Å². The lowest BCUT2D eigenvalue weighted by molar-refractivity contribution is -0.126. The molecule has 1 saturated heterocycles. The van der Waals surface area contributed by atoms with Gasteiger partial charge >= 0.3 is 0 Å². The standard InChI is InChI=1S/C13H18N2O/c1-9-3-4-11(10(2)5-9)8-15-13(16)12-6-14-7-12/h3-5,12,14H,6-8H2,1-2H3,(H,15,16). The highest BCUT2D eigenvalue weighted by Gasteiger charge is 2.24. The number of amides is 1. The van der Waals surface area contributed by atoms with E-state index in [-0.39, 0.29) is 11.8 Å². The molecule has 1 aliphatic rings. The topological polar surface area (TPSA) is 41.1 Å². The third-order valence-corrected chi connectivity index (χ3v) is 3.10. The van der Waals surface area contributed by atoms with Crippen LogP contribution in [-0.2, 0) is 11.3 Å². The van der Waals surface area contributed by atoms with Crippen molar-refractivity contribution in [2.24, 2.45) is 5.92 Å². The first-order valence-corrected chi connectivity index (χ1v) is 5.71. The maximum atomic E-state index is 11.6. The molecule has 0 aromatic heterocycles. The van der Waals surface area contributed by atoms with Crippen LogP contribution in [0.4, 0.5) is 0 Å². The second-order valence-electron chi connectivity index (χ2n) is 4.50. The Labute approximate surface area is 96.2 Å². The highest BCUT2D eigenvalue weighted by atomic mass is 16.2. The van der Waals surface area contributed by atoms with Crippen molar-refractivity contribution in [3.8, 4) is 0 Å². The van der Waals surface area contributed by atoms with Gasteiger partial charge in [0, 0.05) is 19.6 Å². The van der Waals surface area contributed by atoms with E-state index in [1.165, 1.54) is 16.7 Å². The molecule has 1 fully saturated rings. The molecular formula is C13H18N2O. The zero-order chi connectivity index (χ0) is 11.5. The van der Waals surface area contributed by atoms with Crippen LogP contribution in [0.1, 0.15) is 16.7 Å². The summed E-state index contributed by atoms with van der Waals surface area (Å²) < 4.78 is 0. The number of hydrogen-bond acceptors (Lipinski definition) is 2. The Balaban J connectivity index is 1.91. The van der Waals surface area contributed by atoms with Crippen molar-refractivity contribution >= 4 is 5.91 Å². The van der Waals surface area contributed by atoms with Crippen LogP contribution in [0.3, 0.4) is 0 Å². The quantitative estimate of drug-likeness (QED) is 0.798. The van der Waals surface area contributed by atoms with E-state index >= 15 is 0 Å². The minimum Gasteiger partial charge on any atom is -0.352 e. The molecule has 1 aliphatic heterocycles. The summed E-state index contributed by atoms with van der Waals surface area (Å²) in [5.74, 6) is 0.337. The van der Waals surface area contributed by atoms with Gasteiger partial charge in [0.05, 0.1) is 5.92 Å². The van der Waals surface area contributed by atoms with Gasteiger partial charge in [-0.05, 0) is 25.0 Å². The summed E-state index contributed by atoms with van der Waals surface area (Å²) in [4.78, 5) is 11.6. The number of aryl methyl sites for hydroxylation is 2. The molecule has 0 spiro atoms. The largest absolute Gasteiger partial charge is 0.352 e. The zero-order valence-corrected chi connectivity index (χ0v) is 9.84. The highest BCUT2D eigenvalue weighted by molar-refractivity contribution is 5.80. The molecule has 1 aromatic rings. The number of carbonyl (C=O) groups excluding carboxylic acids is 1. The maximum Gasteiger partial charge on any atom is 0.225 e. The molecule has 0 unspecified atom stereocenters. The fraction of sp³-hybridized carbons (Fsp3) is 0.462. The van der Waals surface area contributed by atoms with Crippen LogP contribution in [0.15, 0.2) is 18.2 Å². The van der Waals surface area contributed by atoms with Gasteiger partial charge in [-0.2, -0.15) is 0 Å². The molecule has 3 nitrogen and oxygen atoms in total. The number of hydrogen-bond donors (Lipinski definition) is 2. The van der Waals surface area contributed by atoms with Crippen LogP contribution in [0, 0.1) is 19.8 Å². The average Bonchev–Trinajstić information content (AvgIpc) is 2.13. The van der Waals surface area contributed by atoms with Crippen molar-refractivity contribution in [2.75, 3.05) is 13.1 Å². The zero-order valence-electron chi connectivity index (χ0n) is 9.84. The summed E-state index contributed by atoms with van der Waals surface area (Å²) in [6.07, 6.45) is 0. The summed E-state index contributed by atoms with van der Waals surface area (Å²) in [6.45, 7) is 6.44. The van der Waals surface area contributed by atoms with E-state index in [0.29, 0.717) is 6.54 Å². The molecule has 0 aliphatic carbocycles. The van der Waals surface area contributed by atoms with Crippen LogP contribution in [0.25, 0.3) is 0 Å². The minimum absolute atomic E-state index is 0.165. The Bertz CT molecular complexity index is 397.